The van der Waals surface area contributed by atoms with Crippen molar-refractivity contribution >= 4 is 24.5 Å². The summed E-state index contributed by atoms with van der Waals surface area (Å²) >= 11 is 0. The Kier molecular flexibility index (Phi) is 5.69. The summed E-state index contributed by atoms with van der Waals surface area (Å²) in [4.78, 5) is 4.03. The molecule has 0 unspecified atom stereocenters. The van der Waals surface area contributed by atoms with Crippen molar-refractivity contribution in [2.75, 3.05) is 0 Å². The van der Waals surface area contributed by atoms with Gasteiger partial charge >= 0.3 is 0 Å². The molecule has 2 aromatic carbocycles. The molecule has 0 saturated carbocycles. The number of rotatable bonds is 2. The van der Waals surface area contributed by atoms with Gasteiger partial charge < -0.3 is 10.1 Å². The molecule has 0 atom stereocenters. The number of hydrogen-bond acceptors (Lipinski definition) is 3. The zero-order chi connectivity index (χ0) is 15.8. The Morgan fingerprint density at radius 3 is 2.55 bits per heavy atom. The standard InChI is InChI=1S/C9H7NO.C8H8BFO/c11-8-5-1-3-7-4-2-6-10-9(7)8;10-8-3-1-2-7(6-8)4-5-9-11/h1-6,11H;1-6,9,11H. The molecule has 0 aliphatic rings. The maximum Gasteiger partial charge on any atom is 0.297 e. The van der Waals surface area contributed by atoms with E-state index >= 15 is 0 Å². The molecule has 3 rings (SSSR count). The quantitative estimate of drug-likeness (QED) is 0.714. The van der Waals surface area contributed by atoms with E-state index in [9.17, 15) is 9.50 Å². The molecule has 1 aromatic heterocycles. The first kappa shape index (κ1) is 15.7. The molecule has 0 fully saturated rings. The monoisotopic (exact) mass is 295 g/mol. The van der Waals surface area contributed by atoms with Crippen LogP contribution >= 0.6 is 0 Å². The van der Waals surface area contributed by atoms with Gasteiger partial charge in [-0.1, -0.05) is 42.4 Å². The molecule has 1 heterocycles. The lowest BCUT2D eigenvalue weighted by Crippen LogP contribution is -1.79. The SMILES string of the molecule is OBC=Cc1cccc(F)c1.Oc1cccc2cccnc12. The van der Waals surface area contributed by atoms with E-state index < -0.39 is 0 Å². The fourth-order valence-corrected chi connectivity index (χ4v) is 1.89. The molecule has 3 aromatic rings. The molecule has 5 heteroatoms. The second-order valence-electron chi connectivity index (χ2n) is 4.49. The van der Waals surface area contributed by atoms with Gasteiger partial charge in [0.2, 0.25) is 0 Å². The number of halogens is 1. The maximum atomic E-state index is 12.5. The summed E-state index contributed by atoms with van der Waals surface area (Å²) in [6, 6.07) is 15.3. The van der Waals surface area contributed by atoms with Gasteiger partial charge in [-0.25, -0.2) is 4.39 Å². The highest BCUT2D eigenvalue weighted by molar-refractivity contribution is 6.33. The van der Waals surface area contributed by atoms with Gasteiger partial charge in [0.1, 0.15) is 17.1 Å². The normalized spacial score (nSPS) is 10.3. The van der Waals surface area contributed by atoms with Gasteiger partial charge in [0.05, 0.1) is 0 Å². The average Bonchev–Trinajstić information content (AvgIpc) is 2.54. The lowest BCUT2D eigenvalue weighted by Gasteiger charge is -1.96. The van der Waals surface area contributed by atoms with Crippen molar-refractivity contribution in [3.63, 3.8) is 0 Å². The summed E-state index contributed by atoms with van der Waals surface area (Å²) in [6.07, 6.45) is 3.34. The van der Waals surface area contributed by atoms with Crippen molar-refractivity contribution in [2.24, 2.45) is 0 Å². The lowest BCUT2D eigenvalue weighted by atomic mass is 10.0. The number of phenols is 1. The van der Waals surface area contributed by atoms with Crippen molar-refractivity contribution in [1.29, 1.82) is 0 Å². The number of hydrogen-bond donors (Lipinski definition) is 2. The number of benzene rings is 2. The van der Waals surface area contributed by atoms with Gasteiger partial charge in [-0.15, -0.1) is 0 Å². The molecular weight excluding hydrogens is 280 g/mol. The molecular formula is C17H15BFNO2. The average molecular weight is 295 g/mol. The topological polar surface area (TPSA) is 53.4 Å². The molecule has 0 saturated heterocycles. The molecule has 0 radical (unpaired) electrons. The van der Waals surface area contributed by atoms with Crippen molar-refractivity contribution in [2.45, 2.75) is 0 Å². The number of fused-ring (bicyclic) bond motifs is 1. The summed E-state index contributed by atoms with van der Waals surface area (Å²) in [7, 11) is -0.0173. The highest BCUT2D eigenvalue weighted by Crippen LogP contribution is 2.20. The minimum Gasteiger partial charge on any atom is -0.506 e. The molecule has 0 bridgehead atoms. The van der Waals surface area contributed by atoms with Crippen LogP contribution in [0.3, 0.4) is 0 Å². The molecule has 0 amide bonds. The smallest absolute Gasteiger partial charge is 0.297 e. The number of phenolic OH excluding ortho intramolecular Hbond substituents is 1. The maximum absolute atomic E-state index is 12.5. The molecule has 0 spiro atoms. The summed E-state index contributed by atoms with van der Waals surface area (Å²) in [5.74, 6) is 1.54. The Balaban J connectivity index is 0.000000160. The van der Waals surface area contributed by atoms with Crippen LogP contribution in [0, 0.1) is 5.82 Å². The number of aromatic nitrogens is 1. The van der Waals surface area contributed by atoms with Crippen molar-refractivity contribution in [1.82, 2.24) is 4.98 Å². The van der Waals surface area contributed by atoms with Gasteiger partial charge in [0, 0.05) is 11.6 Å². The van der Waals surface area contributed by atoms with E-state index in [4.69, 9.17) is 5.02 Å². The summed E-state index contributed by atoms with van der Waals surface area (Å²) in [5.41, 5.74) is 1.43. The second-order valence-corrected chi connectivity index (χ2v) is 4.49. The van der Waals surface area contributed by atoms with Gasteiger partial charge in [-0.2, -0.15) is 0 Å². The van der Waals surface area contributed by atoms with Crippen LogP contribution in [0.2, 0.25) is 0 Å². The highest BCUT2D eigenvalue weighted by atomic mass is 19.1. The van der Waals surface area contributed by atoms with Crippen LogP contribution in [-0.2, 0) is 0 Å². The molecule has 110 valence electrons. The number of para-hydroxylation sites is 1. The van der Waals surface area contributed by atoms with Crippen LogP contribution in [0.1, 0.15) is 5.56 Å². The third-order valence-corrected chi connectivity index (χ3v) is 2.88. The van der Waals surface area contributed by atoms with Gasteiger partial charge in [0.25, 0.3) is 7.48 Å². The summed E-state index contributed by atoms with van der Waals surface area (Å²) in [6.45, 7) is 0. The van der Waals surface area contributed by atoms with Crippen LogP contribution in [0.15, 0.2) is 66.8 Å². The van der Waals surface area contributed by atoms with E-state index in [1.54, 1.807) is 42.5 Å². The van der Waals surface area contributed by atoms with Crippen LogP contribution in [0.5, 0.6) is 5.75 Å². The number of pyridine rings is 1. The fourth-order valence-electron chi connectivity index (χ4n) is 1.89. The molecule has 22 heavy (non-hydrogen) atoms. The van der Waals surface area contributed by atoms with Crippen LogP contribution in [-0.4, -0.2) is 22.6 Å². The largest absolute Gasteiger partial charge is 0.506 e. The Bertz CT molecular complexity index is 772. The van der Waals surface area contributed by atoms with Crippen molar-refractivity contribution in [3.05, 3.63) is 78.2 Å². The lowest BCUT2D eigenvalue weighted by molar-refractivity contribution is 0.480. The molecule has 2 N–H and O–H groups in total. The first-order valence-electron chi connectivity index (χ1n) is 6.76. The molecule has 3 nitrogen and oxygen atoms in total. The fraction of sp³-hybridized carbons (Fsp3) is 0. The highest BCUT2D eigenvalue weighted by Gasteiger charge is 1.96. The van der Waals surface area contributed by atoms with Gasteiger partial charge in [-0.05, 0) is 29.8 Å². The van der Waals surface area contributed by atoms with Crippen molar-refractivity contribution < 1.29 is 14.5 Å². The van der Waals surface area contributed by atoms with E-state index in [-0.39, 0.29) is 19.0 Å². The third-order valence-electron chi connectivity index (χ3n) is 2.88. The number of nitrogens with zero attached hydrogens (tertiary/aromatic N) is 1. The number of aromatic hydroxyl groups is 1. The van der Waals surface area contributed by atoms with Crippen molar-refractivity contribution in [3.8, 4) is 5.75 Å². The minimum absolute atomic E-state index is 0.0173. The predicted molar refractivity (Wildman–Crippen MR) is 88.2 cm³/mol. The Labute approximate surface area is 128 Å². The third kappa shape index (κ3) is 4.43. The molecule has 0 aliphatic carbocycles. The zero-order valence-electron chi connectivity index (χ0n) is 11.9. The van der Waals surface area contributed by atoms with E-state index in [1.807, 2.05) is 18.2 Å². The van der Waals surface area contributed by atoms with E-state index in [1.165, 1.54) is 12.1 Å². The summed E-state index contributed by atoms with van der Waals surface area (Å²) in [5, 5.41) is 18.7. The Morgan fingerprint density at radius 2 is 1.82 bits per heavy atom. The summed E-state index contributed by atoms with van der Waals surface area (Å²) < 4.78 is 12.5. The van der Waals surface area contributed by atoms with Crippen LogP contribution in [0.25, 0.3) is 17.0 Å². The van der Waals surface area contributed by atoms with E-state index in [0.717, 1.165) is 10.9 Å². The first-order chi connectivity index (χ1) is 10.7. The van der Waals surface area contributed by atoms with E-state index in [0.29, 0.717) is 5.52 Å². The zero-order valence-corrected chi connectivity index (χ0v) is 11.9. The minimum atomic E-state index is -0.259. The van der Waals surface area contributed by atoms with Gasteiger partial charge in [-0.3, -0.25) is 4.98 Å². The van der Waals surface area contributed by atoms with Crippen LogP contribution < -0.4 is 0 Å². The second kappa shape index (κ2) is 7.95. The van der Waals surface area contributed by atoms with Gasteiger partial charge in [0.15, 0.2) is 0 Å². The molecule has 0 aliphatic heterocycles. The first-order valence-corrected chi connectivity index (χ1v) is 6.76. The van der Waals surface area contributed by atoms with Crippen LogP contribution in [0.4, 0.5) is 4.39 Å². The predicted octanol–water partition coefficient (Wildman–Crippen LogP) is 3.08. The Morgan fingerprint density at radius 1 is 1.05 bits per heavy atom. The van der Waals surface area contributed by atoms with E-state index in [2.05, 4.69) is 4.98 Å². The Hall–Kier alpha value is -2.66.